The highest BCUT2D eigenvalue weighted by Crippen LogP contribution is 2.32. The van der Waals surface area contributed by atoms with E-state index in [-0.39, 0.29) is 23.5 Å². The summed E-state index contributed by atoms with van der Waals surface area (Å²) in [6, 6.07) is 6.15. The van der Waals surface area contributed by atoms with Gasteiger partial charge in [-0.05, 0) is 45.0 Å². The van der Waals surface area contributed by atoms with Gasteiger partial charge in [-0.1, -0.05) is 12.1 Å². The van der Waals surface area contributed by atoms with Crippen molar-refractivity contribution in [2.75, 3.05) is 0 Å². The normalized spacial score (nSPS) is 13.1. The van der Waals surface area contributed by atoms with Crippen molar-refractivity contribution in [2.45, 2.75) is 45.0 Å². The monoisotopic (exact) mass is 399 g/mol. The summed E-state index contributed by atoms with van der Waals surface area (Å²) in [7, 11) is 0. The summed E-state index contributed by atoms with van der Waals surface area (Å²) in [4.78, 5) is 23.2. The molecule has 0 aliphatic heterocycles. The lowest BCUT2D eigenvalue weighted by Gasteiger charge is -2.21. The number of furan rings is 1. The average molecular weight is 399 g/mol. The van der Waals surface area contributed by atoms with Gasteiger partial charge >= 0.3 is 18.2 Å². The van der Waals surface area contributed by atoms with E-state index in [1.807, 2.05) is 0 Å². The number of carbonyl (C=O) groups is 2. The van der Waals surface area contributed by atoms with Crippen LogP contribution in [0.5, 0.6) is 0 Å². The molecule has 1 aromatic carbocycles. The molecule has 2 rings (SSSR count). The van der Waals surface area contributed by atoms with Crippen LogP contribution in [0, 0.1) is 0 Å². The second kappa shape index (κ2) is 7.95. The number of carboxylic acid groups (broad SMARTS) is 1. The summed E-state index contributed by atoms with van der Waals surface area (Å²) in [5, 5.41) is 11.5. The Morgan fingerprint density at radius 1 is 1.18 bits per heavy atom. The van der Waals surface area contributed by atoms with E-state index in [0.29, 0.717) is 0 Å². The molecule has 0 aliphatic rings. The number of hydrogen-bond donors (Lipinski definition) is 2. The summed E-state index contributed by atoms with van der Waals surface area (Å²) in [5.41, 5.74) is -1.42. The smallest absolute Gasteiger partial charge is 0.416 e. The van der Waals surface area contributed by atoms with Crippen molar-refractivity contribution in [2.24, 2.45) is 0 Å². The van der Waals surface area contributed by atoms with E-state index < -0.39 is 35.4 Å². The summed E-state index contributed by atoms with van der Waals surface area (Å²) in [6.07, 6.45) is -5.59. The SMILES string of the molecule is CC(C)(C)OC(=O)NC(Cc1ccc(-c2cccc(C(F)(F)F)c2)o1)C(=O)O. The van der Waals surface area contributed by atoms with Crippen molar-refractivity contribution in [1.29, 1.82) is 0 Å². The van der Waals surface area contributed by atoms with Crippen LogP contribution in [0.25, 0.3) is 11.3 Å². The van der Waals surface area contributed by atoms with E-state index in [1.54, 1.807) is 20.8 Å². The summed E-state index contributed by atoms with van der Waals surface area (Å²) in [6.45, 7) is 4.91. The highest BCUT2D eigenvalue weighted by atomic mass is 19.4. The maximum absolute atomic E-state index is 12.8. The number of carbonyl (C=O) groups excluding carboxylic acids is 1. The number of alkyl carbamates (subject to hydrolysis) is 1. The van der Waals surface area contributed by atoms with Crippen LogP contribution >= 0.6 is 0 Å². The average Bonchev–Trinajstić information content (AvgIpc) is 3.00. The van der Waals surface area contributed by atoms with Gasteiger partial charge in [0.25, 0.3) is 0 Å². The van der Waals surface area contributed by atoms with Gasteiger partial charge in [-0.25, -0.2) is 9.59 Å². The van der Waals surface area contributed by atoms with Crippen LogP contribution < -0.4 is 5.32 Å². The molecule has 0 bridgehead atoms. The van der Waals surface area contributed by atoms with Gasteiger partial charge < -0.3 is 19.6 Å². The fourth-order valence-corrected chi connectivity index (χ4v) is 2.34. The van der Waals surface area contributed by atoms with E-state index in [0.717, 1.165) is 12.1 Å². The number of alkyl halides is 3. The van der Waals surface area contributed by atoms with E-state index in [4.69, 9.17) is 9.15 Å². The molecule has 2 aromatic rings. The first kappa shape index (κ1) is 21.3. The van der Waals surface area contributed by atoms with Gasteiger partial charge in [-0.15, -0.1) is 0 Å². The first-order valence-corrected chi connectivity index (χ1v) is 8.34. The molecule has 1 unspecified atom stereocenters. The van der Waals surface area contributed by atoms with Crippen molar-refractivity contribution in [1.82, 2.24) is 5.32 Å². The zero-order valence-electron chi connectivity index (χ0n) is 15.5. The van der Waals surface area contributed by atoms with E-state index in [1.165, 1.54) is 24.3 Å². The molecule has 2 N–H and O–H groups in total. The molecule has 6 nitrogen and oxygen atoms in total. The molecular formula is C19H20F3NO5. The van der Waals surface area contributed by atoms with Crippen LogP contribution in [0.4, 0.5) is 18.0 Å². The van der Waals surface area contributed by atoms with Crippen LogP contribution in [-0.4, -0.2) is 28.8 Å². The number of ether oxygens (including phenoxy) is 1. The minimum atomic E-state index is -4.49. The van der Waals surface area contributed by atoms with Crippen LogP contribution in [0.2, 0.25) is 0 Å². The largest absolute Gasteiger partial charge is 0.480 e. The second-order valence-corrected chi connectivity index (χ2v) is 7.09. The maximum Gasteiger partial charge on any atom is 0.416 e. The molecule has 1 heterocycles. The van der Waals surface area contributed by atoms with Gasteiger partial charge in [0.05, 0.1) is 5.56 Å². The molecule has 9 heteroatoms. The Morgan fingerprint density at radius 3 is 2.43 bits per heavy atom. The molecule has 152 valence electrons. The van der Waals surface area contributed by atoms with Gasteiger partial charge in [-0.2, -0.15) is 13.2 Å². The highest BCUT2D eigenvalue weighted by molar-refractivity contribution is 5.80. The minimum absolute atomic E-state index is 0.155. The molecule has 0 saturated heterocycles. The number of nitrogens with one attached hydrogen (secondary N) is 1. The summed E-state index contributed by atoms with van der Waals surface area (Å²) in [5.74, 6) is -0.957. The zero-order chi connectivity index (χ0) is 21.1. The lowest BCUT2D eigenvalue weighted by Crippen LogP contribution is -2.44. The third kappa shape index (κ3) is 6.04. The standard InChI is InChI=1S/C19H20F3NO5/c1-18(2,3)28-17(26)23-14(16(24)25)10-13-7-8-15(27-13)11-5-4-6-12(9-11)19(20,21)22/h4-9,14H,10H2,1-3H3,(H,23,26)(H,24,25). The van der Waals surface area contributed by atoms with Gasteiger partial charge in [0.1, 0.15) is 23.2 Å². The molecule has 0 spiro atoms. The van der Waals surface area contributed by atoms with Crippen molar-refractivity contribution < 1.29 is 37.0 Å². The fraction of sp³-hybridized carbons (Fsp3) is 0.368. The Morgan fingerprint density at radius 2 is 1.86 bits per heavy atom. The summed E-state index contributed by atoms with van der Waals surface area (Å²) >= 11 is 0. The van der Waals surface area contributed by atoms with Crippen LogP contribution in [-0.2, 0) is 22.1 Å². The van der Waals surface area contributed by atoms with Gasteiger partial charge in [0, 0.05) is 12.0 Å². The lowest BCUT2D eigenvalue weighted by molar-refractivity contribution is -0.139. The van der Waals surface area contributed by atoms with Crippen molar-refractivity contribution in [3.63, 3.8) is 0 Å². The molecular weight excluding hydrogens is 379 g/mol. The quantitative estimate of drug-likeness (QED) is 0.774. The van der Waals surface area contributed by atoms with Gasteiger partial charge in [0.2, 0.25) is 0 Å². The number of amides is 1. The number of rotatable bonds is 5. The number of benzene rings is 1. The van der Waals surface area contributed by atoms with E-state index >= 15 is 0 Å². The number of aliphatic carboxylic acids is 1. The Labute approximate surface area is 159 Å². The van der Waals surface area contributed by atoms with E-state index in [2.05, 4.69) is 5.32 Å². The summed E-state index contributed by atoms with van der Waals surface area (Å²) < 4.78 is 49.0. The number of hydrogen-bond acceptors (Lipinski definition) is 4. The second-order valence-electron chi connectivity index (χ2n) is 7.09. The lowest BCUT2D eigenvalue weighted by atomic mass is 10.1. The Bertz CT molecular complexity index is 852. The first-order valence-electron chi connectivity index (χ1n) is 8.34. The van der Waals surface area contributed by atoms with Crippen molar-refractivity contribution >= 4 is 12.1 Å². The molecule has 0 fully saturated rings. The number of halogens is 3. The van der Waals surface area contributed by atoms with Gasteiger partial charge in [0.15, 0.2) is 0 Å². The van der Waals surface area contributed by atoms with Crippen LogP contribution in [0.3, 0.4) is 0 Å². The third-order valence-electron chi connectivity index (χ3n) is 3.53. The molecule has 1 amide bonds. The minimum Gasteiger partial charge on any atom is -0.480 e. The highest BCUT2D eigenvalue weighted by Gasteiger charge is 2.31. The Balaban J connectivity index is 2.14. The molecule has 1 atom stereocenters. The molecule has 0 aliphatic carbocycles. The van der Waals surface area contributed by atoms with Crippen LogP contribution in [0.1, 0.15) is 32.1 Å². The third-order valence-corrected chi connectivity index (χ3v) is 3.53. The van der Waals surface area contributed by atoms with Crippen LogP contribution in [0.15, 0.2) is 40.8 Å². The van der Waals surface area contributed by atoms with Crippen molar-refractivity contribution in [3.8, 4) is 11.3 Å². The first-order chi connectivity index (χ1) is 12.8. The predicted octanol–water partition coefficient (Wildman–Crippen LogP) is 4.49. The molecule has 0 radical (unpaired) electrons. The van der Waals surface area contributed by atoms with E-state index in [9.17, 15) is 27.9 Å². The van der Waals surface area contributed by atoms with Crippen molar-refractivity contribution in [3.05, 3.63) is 47.7 Å². The predicted molar refractivity (Wildman–Crippen MR) is 93.6 cm³/mol. The molecule has 28 heavy (non-hydrogen) atoms. The number of carboxylic acids is 1. The Kier molecular flexibility index (Phi) is 6.06. The van der Waals surface area contributed by atoms with Gasteiger partial charge in [-0.3, -0.25) is 0 Å². The molecule has 1 aromatic heterocycles. The molecule has 0 saturated carbocycles. The zero-order valence-corrected chi connectivity index (χ0v) is 15.5. The maximum atomic E-state index is 12.8. The Hall–Kier alpha value is -2.97. The fourth-order valence-electron chi connectivity index (χ4n) is 2.34. The topological polar surface area (TPSA) is 88.8 Å².